The molecule has 25 heavy (non-hydrogen) atoms. The van der Waals surface area contributed by atoms with Gasteiger partial charge in [-0.3, -0.25) is 4.79 Å². The highest BCUT2D eigenvalue weighted by Crippen LogP contribution is 2.33. The van der Waals surface area contributed by atoms with Crippen LogP contribution < -0.4 is 9.47 Å². The number of hydrogen-bond acceptors (Lipinski definition) is 4. The van der Waals surface area contributed by atoms with E-state index in [9.17, 15) is 4.79 Å². The number of methoxy groups -OCH3 is 1. The first kappa shape index (κ1) is 17.0. The molecule has 0 fully saturated rings. The molecular formula is C20H22N2O3. The quantitative estimate of drug-likeness (QED) is 0.812. The van der Waals surface area contributed by atoms with E-state index in [1.165, 1.54) is 10.6 Å². The van der Waals surface area contributed by atoms with Crippen molar-refractivity contribution in [3.8, 4) is 11.5 Å². The van der Waals surface area contributed by atoms with E-state index in [0.29, 0.717) is 24.5 Å². The van der Waals surface area contributed by atoms with Crippen LogP contribution in [0.5, 0.6) is 11.5 Å². The third-order valence-corrected chi connectivity index (χ3v) is 4.29. The Labute approximate surface area is 147 Å². The number of ether oxygens (including phenoxy) is 2. The van der Waals surface area contributed by atoms with Crippen LogP contribution >= 0.6 is 0 Å². The van der Waals surface area contributed by atoms with Crippen LogP contribution in [0, 0.1) is 0 Å². The standard InChI is InChI=1S/C20H22N2O3/c1-22-20(23)17(10-12-21-22)16-8-9-18(24-2)19(14-16)25-13-11-15-6-4-3-5-7-15/h3-9,12,14,17H,10-11,13H2,1-2H3. The summed E-state index contributed by atoms with van der Waals surface area (Å²) < 4.78 is 11.3. The summed E-state index contributed by atoms with van der Waals surface area (Å²) in [7, 11) is 3.29. The molecule has 3 rings (SSSR count). The Kier molecular flexibility index (Phi) is 5.33. The summed E-state index contributed by atoms with van der Waals surface area (Å²) in [6, 6.07) is 15.9. The summed E-state index contributed by atoms with van der Waals surface area (Å²) in [5, 5.41) is 5.41. The highest BCUT2D eigenvalue weighted by Gasteiger charge is 2.27. The predicted molar refractivity (Wildman–Crippen MR) is 97.3 cm³/mol. The van der Waals surface area contributed by atoms with Gasteiger partial charge in [0, 0.05) is 26.1 Å². The molecule has 0 aromatic heterocycles. The van der Waals surface area contributed by atoms with Crippen molar-refractivity contribution in [2.24, 2.45) is 5.10 Å². The number of hydrogen-bond donors (Lipinski definition) is 0. The van der Waals surface area contributed by atoms with E-state index >= 15 is 0 Å². The molecule has 130 valence electrons. The predicted octanol–water partition coefficient (Wildman–Crippen LogP) is 3.25. The molecule has 1 atom stereocenters. The minimum Gasteiger partial charge on any atom is -0.493 e. The molecule has 1 heterocycles. The Balaban J connectivity index is 1.74. The fraction of sp³-hybridized carbons (Fsp3) is 0.300. The lowest BCUT2D eigenvalue weighted by Crippen LogP contribution is -2.31. The molecule has 2 aromatic carbocycles. The molecule has 0 saturated carbocycles. The van der Waals surface area contributed by atoms with Crippen molar-refractivity contribution in [3.05, 3.63) is 59.7 Å². The lowest BCUT2D eigenvalue weighted by Gasteiger charge is -2.24. The lowest BCUT2D eigenvalue weighted by molar-refractivity contribution is -0.131. The Bertz CT molecular complexity index is 759. The summed E-state index contributed by atoms with van der Waals surface area (Å²) >= 11 is 0. The summed E-state index contributed by atoms with van der Waals surface area (Å²) in [5.74, 6) is 1.09. The first-order chi connectivity index (χ1) is 12.2. The van der Waals surface area contributed by atoms with Gasteiger partial charge in [0.05, 0.1) is 19.6 Å². The second kappa shape index (κ2) is 7.83. The van der Waals surface area contributed by atoms with E-state index in [0.717, 1.165) is 12.0 Å². The lowest BCUT2D eigenvalue weighted by atomic mass is 9.94. The summed E-state index contributed by atoms with van der Waals surface area (Å²) in [6.07, 6.45) is 3.18. The molecule has 5 nitrogen and oxygen atoms in total. The number of likely N-dealkylation sites (N-methyl/N-ethyl adjacent to an activating group) is 1. The third kappa shape index (κ3) is 3.99. The average molecular weight is 338 g/mol. The van der Waals surface area contributed by atoms with Gasteiger partial charge in [0.2, 0.25) is 5.91 Å². The van der Waals surface area contributed by atoms with Crippen LogP contribution in [-0.4, -0.2) is 37.9 Å². The van der Waals surface area contributed by atoms with E-state index in [-0.39, 0.29) is 11.8 Å². The molecular weight excluding hydrogens is 316 g/mol. The van der Waals surface area contributed by atoms with Crippen LogP contribution in [0.3, 0.4) is 0 Å². The fourth-order valence-corrected chi connectivity index (χ4v) is 2.88. The Morgan fingerprint density at radius 3 is 2.72 bits per heavy atom. The van der Waals surface area contributed by atoms with Crippen LogP contribution in [0.25, 0.3) is 0 Å². The zero-order chi connectivity index (χ0) is 17.6. The van der Waals surface area contributed by atoms with Gasteiger partial charge in [-0.25, -0.2) is 5.01 Å². The van der Waals surface area contributed by atoms with Gasteiger partial charge in [-0.1, -0.05) is 36.4 Å². The zero-order valence-corrected chi connectivity index (χ0v) is 14.5. The number of hydrazone groups is 1. The van der Waals surface area contributed by atoms with E-state index in [1.807, 2.05) is 36.4 Å². The number of carbonyl (C=O) groups excluding carboxylic acids is 1. The molecule has 5 heteroatoms. The van der Waals surface area contributed by atoms with Crippen molar-refractivity contribution in [1.82, 2.24) is 5.01 Å². The third-order valence-electron chi connectivity index (χ3n) is 4.29. The zero-order valence-electron chi connectivity index (χ0n) is 14.5. The second-order valence-electron chi connectivity index (χ2n) is 5.94. The van der Waals surface area contributed by atoms with Crippen LogP contribution in [0.2, 0.25) is 0 Å². The second-order valence-corrected chi connectivity index (χ2v) is 5.94. The molecule has 0 bridgehead atoms. The maximum absolute atomic E-state index is 12.3. The first-order valence-electron chi connectivity index (χ1n) is 8.33. The fourth-order valence-electron chi connectivity index (χ4n) is 2.88. The van der Waals surface area contributed by atoms with Crippen molar-refractivity contribution >= 4 is 12.1 Å². The van der Waals surface area contributed by atoms with Gasteiger partial charge in [-0.15, -0.1) is 0 Å². The van der Waals surface area contributed by atoms with Crippen LogP contribution in [0.15, 0.2) is 53.6 Å². The van der Waals surface area contributed by atoms with Gasteiger partial charge < -0.3 is 9.47 Å². The largest absolute Gasteiger partial charge is 0.493 e. The first-order valence-corrected chi connectivity index (χ1v) is 8.33. The number of amides is 1. The van der Waals surface area contributed by atoms with Crippen molar-refractivity contribution in [2.75, 3.05) is 20.8 Å². The van der Waals surface area contributed by atoms with E-state index < -0.39 is 0 Å². The highest BCUT2D eigenvalue weighted by atomic mass is 16.5. The maximum Gasteiger partial charge on any atom is 0.250 e. The van der Waals surface area contributed by atoms with Crippen LogP contribution in [-0.2, 0) is 11.2 Å². The number of carbonyl (C=O) groups is 1. The molecule has 1 aliphatic heterocycles. The number of nitrogens with zero attached hydrogens (tertiary/aromatic N) is 2. The smallest absolute Gasteiger partial charge is 0.250 e. The Morgan fingerprint density at radius 2 is 1.96 bits per heavy atom. The topological polar surface area (TPSA) is 51.1 Å². The highest BCUT2D eigenvalue weighted by molar-refractivity contribution is 5.89. The SMILES string of the molecule is COc1ccc(C2CC=NN(C)C2=O)cc1OCCc1ccccc1. The van der Waals surface area contributed by atoms with Crippen LogP contribution in [0.1, 0.15) is 23.5 Å². The minimum absolute atomic E-state index is 0.0112. The summed E-state index contributed by atoms with van der Waals surface area (Å²) in [5.41, 5.74) is 2.14. The van der Waals surface area contributed by atoms with E-state index in [1.54, 1.807) is 20.4 Å². The van der Waals surface area contributed by atoms with E-state index in [2.05, 4.69) is 17.2 Å². The van der Waals surface area contributed by atoms with Crippen molar-refractivity contribution in [2.45, 2.75) is 18.8 Å². The molecule has 1 unspecified atom stereocenters. The monoisotopic (exact) mass is 338 g/mol. The van der Waals surface area contributed by atoms with Gasteiger partial charge in [0.1, 0.15) is 0 Å². The molecule has 1 amide bonds. The van der Waals surface area contributed by atoms with Gasteiger partial charge in [-0.2, -0.15) is 5.10 Å². The molecule has 2 aromatic rings. The molecule has 1 aliphatic rings. The molecule has 0 saturated heterocycles. The Hall–Kier alpha value is -2.82. The van der Waals surface area contributed by atoms with Crippen molar-refractivity contribution < 1.29 is 14.3 Å². The minimum atomic E-state index is -0.232. The normalized spacial score (nSPS) is 16.8. The summed E-state index contributed by atoms with van der Waals surface area (Å²) in [6.45, 7) is 0.545. The number of benzene rings is 2. The van der Waals surface area contributed by atoms with Crippen LogP contribution in [0.4, 0.5) is 0 Å². The van der Waals surface area contributed by atoms with Gasteiger partial charge in [0.15, 0.2) is 11.5 Å². The maximum atomic E-state index is 12.3. The van der Waals surface area contributed by atoms with Crippen molar-refractivity contribution in [1.29, 1.82) is 0 Å². The number of rotatable bonds is 6. The molecule has 0 spiro atoms. The van der Waals surface area contributed by atoms with Gasteiger partial charge in [-0.05, 0) is 23.3 Å². The van der Waals surface area contributed by atoms with Crippen molar-refractivity contribution in [3.63, 3.8) is 0 Å². The average Bonchev–Trinajstić information content (AvgIpc) is 2.65. The van der Waals surface area contributed by atoms with Gasteiger partial charge >= 0.3 is 0 Å². The Morgan fingerprint density at radius 1 is 1.16 bits per heavy atom. The summed E-state index contributed by atoms with van der Waals surface area (Å²) in [4.78, 5) is 12.3. The molecule has 0 radical (unpaired) electrons. The molecule has 0 N–H and O–H groups in total. The van der Waals surface area contributed by atoms with E-state index in [4.69, 9.17) is 9.47 Å². The molecule has 0 aliphatic carbocycles. The van der Waals surface area contributed by atoms with Gasteiger partial charge in [0.25, 0.3) is 0 Å².